The van der Waals surface area contributed by atoms with Gasteiger partial charge in [0, 0.05) is 11.9 Å². The predicted molar refractivity (Wildman–Crippen MR) is 55.1 cm³/mol. The molecule has 0 saturated heterocycles. The number of hydrogen-bond donors (Lipinski definition) is 0. The first kappa shape index (κ1) is 8.74. The molecule has 0 aromatic carbocycles. The minimum absolute atomic E-state index is 0.602. The molecule has 1 aliphatic rings. The predicted octanol–water partition coefficient (Wildman–Crippen LogP) is 3.25. The number of aryl methyl sites for hydroxylation is 1. The Morgan fingerprint density at radius 3 is 2.92 bits per heavy atom. The molecular weight excluding hydrogens is 158 g/mol. The van der Waals surface area contributed by atoms with Crippen molar-refractivity contribution in [2.24, 2.45) is 0 Å². The molecule has 1 heterocycles. The molecule has 1 atom stereocenters. The molecule has 0 N–H and O–H groups in total. The van der Waals surface area contributed by atoms with Gasteiger partial charge in [0.2, 0.25) is 0 Å². The molecule has 1 nitrogen and oxygen atoms in total. The number of aromatic nitrogens is 1. The summed E-state index contributed by atoms with van der Waals surface area (Å²) in [6.45, 7) is 6.75. The van der Waals surface area contributed by atoms with Crippen LogP contribution in [0.5, 0.6) is 0 Å². The summed E-state index contributed by atoms with van der Waals surface area (Å²) in [5.41, 5.74) is 4.20. The standard InChI is InChI=1S/C12H17N/c1-8(2)10-6-11-9(3)4-5-12(11)13-7-10/h6-9H,4-5H2,1-3H3. The lowest BCUT2D eigenvalue weighted by Gasteiger charge is -2.09. The number of rotatable bonds is 1. The van der Waals surface area contributed by atoms with Gasteiger partial charge >= 0.3 is 0 Å². The number of fused-ring (bicyclic) bond motifs is 1. The summed E-state index contributed by atoms with van der Waals surface area (Å²) in [6, 6.07) is 2.35. The van der Waals surface area contributed by atoms with Gasteiger partial charge < -0.3 is 0 Å². The van der Waals surface area contributed by atoms with E-state index in [1.54, 1.807) is 0 Å². The molecule has 70 valence electrons. The zero-order valence-electron chi connectivity index (χ0n) is 8.67. The Morgan fingerprint density at radius 2 is 2.23 bits per heavy atom. The summed E-state index contributed by atoms with van der Waals surface area (Å²) in [7, 11) is 0. The van der Waals surface area contributed by atoms with E-state index in [0.29, 0.717) is 5.92 Å². The van der Waals surface area contributed by atoms with Crippen molar-refractivity contribution < 1.29 is 0 Å². The summed E-state index contributed by atoms with van der Waals surface area (Å²) in [4.78, 5) is 4.53. The average molecular weight is 175 g/mol. The fourth-order valence-corrected chi connectivity index (χ4v) is 1.99. The Hall–Kier alpha value is -0.850. The van der Waals surface area contributed by atoms with Crippen molar-refractivity contribution in [3.63, 3.8) is 0 Å². The van der Waals surface area contributed by atoms with E-state index >= 15 is 0 Å². The van der Waals surface area contributed by atoms with Crippen molar-refractivity contribution in [1.82, 2.24) is 4.98 Å². The van der Waals surface area contributed by atoms with Crippen LogP contribution in [0.25, 0.3) is 0 Å². The minimum atomic E-state index is 0.602. The topological polar surface area (TPSA) is 12.9 Å². The van der Waals surface area contributed by atoms with Crippen molar-refractivity contribution >= 4 is 0 Å². The van der Waals surface area contributed by atoms with E-state index in [-0.39, 0.29) is 0 Å². The van der Waals surface area contributed by atoms with Crippen LogP contribution in [0.3, 0.4) is 0 Å². The summed E-state index contributed by atoms with van der Waals surface area (Å²) in [6.07, 6.45) is 4.50. The zero-order chi connectivity index (χ0) is 9.42. The van der Waals surface area contributed by atoms with Crippen molar-refractivity contribution in [2.45, 2.75) is 45.4 Å². The Balaban J connectivity index is 2.42. The van der Waals surface area contributed by atoms with Gasteiger partial charge in [-0.25, -0.2) is 0 Å². The summed E-state index contributed by atoms with van der Waals surface area (Å²) >= 11 is 0. The molecule has 0 saturated carbocycles. The van der Waals surface area contributed by atoms with Gasteiger partial charge in [-0.3, -0.25) is 4.98 Å². The maximum absolute atomic E-state index is 4.53. The fourth-order valence-electron chi connectivity index (χ4n) is 1.99. The Bertz CT molecular complexity index is 315. The first-order valence-corrected chi connectivity index (χ1v) is 5.17. The lowest BCUT2D eigenvalue weighted by molar-refractivity contribution is 0.744. The van der Waals surface area contributed by atoms with E-state index in [2.05, 4.69) is 31.8 Å². The van der Waals surface area contributed by atoms with Gasteiger partial charge in [0.25, 0.3) is 0 Å². The molecule has 1 unspecified atom stereocenters. The fraction of sp³-hybridized carbons (Fsp3) is 0.583. The molecule has 0 fully saturated rings. The van der Waals surface area contributed by atoms with Crippen LogP contribution in [0.15, 0.2) is 12.3 Å². The van der Waals surface area contributed by atoms with Crippen molar-refractivity contribution in [1.29, 1.82) is 0 Å². The third-order valence-electron chi connectivity index (χ3n) is 3.04. The van der Waals surface area contributed by atoms with Gasteiger partial charge in [0.05, 0.1) is 0 Å². The van der Waals surface area contributed by atoms with Crippen molar-refractivity contribution in [3.05, 3.63) is 29.1 Å². The van der Waals surface area contributed by atoms with E-state index in [1.165, 1.54) is 29.7 Å². The van der Waals surface area contributed by atoms with Crippen molar-refractivity contribution in [3.8, 4) is 0 Å². The maximum Gasteiger partial charge on any atom is 0.0438 e. The van der Waals surface area contributed by atoms with Gasteiger partial charge in [-0.1, -0.05) is 26.8 Å². The highest BCUT2D eigenvalue weighted by Gasteiger charge is 2.20. The number of pyridine rings is 1. The molecule has 1 aromatic rings. The van der Waals surface area contributed by atoms with E-state index in [1.807, 2.05) is 6.20 Å². The second kappa shape index (κ2) is 3.13. The van der Waals surface area contributed by atoms with Crippen LogP contribution >= 0.6 is 0 Å². The highest BCUT2D eigenvalue weighted by Crippen LogP contribution is 2.32. The van der Waals surface area contributed by atoms with Gasteiger partial charge in [-0.05, 0) is 35.8 Å². The van der Waals surface area contributed by atoms with Crippen molar-refractivity contribution in [2.75, 3.05) is 0 Å². The van der Waals surface area contributed by atoms with Crippen LogP contribution in [-0.2, 0) is 6.42 Å². The maximum atomic E-state index is 4.53. The SMILES string of the molecule is CC(C)c1cnc2c(c1)C(C)CC2. The van der Waals surface area contributed by atoms with Gasteiger partial charge in [0.1, 0.15) is 0 Å². The van der Waals surface area contributed by atoms with Crippen LogP contribution < -0.4 is 0 Å². The summed E-state index contributed by atoms with van der Waals surface area (Å²) in [5.74, 6) is 1.33. The van der Waals surface area contributed by atoms with E-state index in [0.717, 1.165) is 5.92 Å². The smallest absolute Gasteiger partial charge is 0.0438 e. The first-order valence-electron chi connectivity index (χ1n) is 5.17. The second-order valence-electron chi connectivity index (χ2n) is 4.40. The van der Waals surface area contributed by atoms with Crippen LogP contribution in [0.4, 0.5) is 0 Å². The van der Waals surface area contributed by atoms with E-state index in [4.69, 9.17) is 0 Å². The molecule has 0 bridgehead atoms. The quantitative estimate of drug-likeness (QED) is 0.638. The molecule has 0 radical (unpaired) electrons. The molecule has 1 aromatic heterocycles. The van der Waals surface area contributed by atoms with Gasteiger partial charge in [0.15, 0.2) is 0 Å². The summed E-state index contributed by atoms with van der Waals surface area (Å²) in [5, 5.41) is 0. The van der Waals surface area contributed by atoms with Crippen LogP contribution in [0, 0.1) is 0 Å². The second-order valence-corrected chi connectivity index (χ2v) is 4.40. The normalized spacial score (nSPS) is 20.8. The van der Waals surface area contributed by atoms with E-state index in [9.17, 15) is 0 Å². The third-order valence-corrected chi connectivity index (χ3v) is 3.04. The Labute approximate surface area is 80.2 Å². The van der Waals surface area contributed by atoms with E-state index < -0.39 is 0 Å². The van der Waals surface area contributed by atoms with Crippen LogP contribution in [0.1, 0.15) is 55.8 Å². The molecule has 2 rings (SSSR count). The van der Waals surface area contributed by atoms with Crippen LogP contribution in [-0.4, -0.2) is 4.98 Å². The number of hydrogen-bond acceptors (Lipinski definition) is 1. The molecule has 1 heteroatoms. The third kappa shape index (κ3) is 1.48. The molecule has 0 aliphatic heterocycles. The zero-order valence-corrected chi connectivity index (χ0v) is 8.67. The molecule has 0 amide bonds. The largest absolute Gasteiger partial charge is 0.261 e. The monoisotopic (exact) mass is 175 g/mol. The molecule has 0 spiro atoms. The average Bonchev–Trinajstić information content (AvgIpc) is 2.47. The lowest BCUT2D eigenvalue weighted by atomic mass is 9.99. The summed E-state index contributed by atoms with van der Waals surface area (Å²) < 4.78 is 0. The van der Waals surface area contributed by atoms with Gasteiger partial charge in [-0.2, -0.15) is 0 Å². The Kier molecular flexibility index (Phi) is 2.10. The first-order chi connectivity index (χ1) is 6.18. The molecule has 1 aliphatic carbocycles. The number of nitrogens with zero attached hydrogens (tertiary/aromatic N) is 1. The molecule has 13 heavy (non-hydrogen) atoms. The van der Waals surface area contributed by atoms with Crippen LogP contribution in [0.2, 0.25) is 0 Å². The highest BCUT2D eigenvalue weighted by atomic mass is 14.7. The Morgan fingerprint density at radius 1 is 1.46 bits per heavy atom. The van der Waals surface area contributed by atoms with Gasteiger partial charge in [-0.15, -0.1) is 0 Å². The molecular formula is C12H17N. The highest BCUT2D eigenvalue weighted by molar-refractivity contribution is 5.33. The lowest BCUT2D eigenvalue weighted by Crippen LogP contribution is -1.95. The minimum Gasteiger partial charge on any atom is -0.261 e.